The maximum absolute atomic E-state index is 12.6. The number of benzene rings is 1. The summed E-state index contributed by atoms with van der Waals surface area (Å²) in [6.45, 7) is 3.14. The minimum absolute atomic E-state index is 0.160. The summed E-state index contributed by atoms with van der Waals surface area (Å²) in [4.78, 5) is 19.0. The Hall–Kier alpha value is -3.11. The second kappa shape index (κ2) is 7.02. The number of urea groups is 1. The van der Waals surface area contributed by atoms with E-state index in [1.54, 1.807) is 29.1 Å². The Morgan fingerprint density at radius 3 is 2.81 bits per heavy atom. The number of fused-ring (bicyclic) bond motifs is 1. The molecule has 11 heteroatoms. The zero-order chi connectivity index (χ0) is 18.7. The first-order valence-electron chi connectivity index (χ1n) is 7.76. The van der Waals surface area contributed by atoms with E-state index in [1.807, 2.05) is 6.92 Å². The average molecular weight is 368 g/mol. The van der Waals surface area contributed by atoms with E-state index in [4.69, 9.17) is 0 Å². The average Bonchev–Trinajstić information content (AvgIpc) is 3.21. The van der Waals surface area contributed by atoms with E-state index in [0.29, 0.717) is 36.2 Å². The van der Waals surface area contributed by atoms with Gasteiger partial charge in [0.05, 0.1) is 17.4 Å². The van der Waals surface area contributed by atoms with Crippen molar-refractivity contribution in [3.05, 3.63) is 30.4 Å². The largest absolute Gasteiger partial charge is 0.471 e. The molecular formula is C15H15F3N6O2. The lowest BCUT2D eigenvalue weighted by molar-refractivity contribution is -0.159. The van der Waals surface area contributed by atoms with Gasteiger partial charge < -0.3 is 19.7 Å². The number of carbonyl (C=O) groups excluding carboxylic acids is 1. The monoisotopic (exact) mass is 368 g/mol. The van der Waals surface area contributed by atoms with E-state index < -0.39 is 12.1 Å². The molecule has 0 aliphatic rings. The standard InChI is InChI=1S/C15H15F3N6O2/c1-2-19-14(25)20-5-6-24-8-21-10-4-3-9(7-11(10)24)12-22-13(26-23-12)15(16,17)18/h3-4,7-8H,2,5-6H2,1H3,(H2,19,20,25). The number of hydrogen-bond donors (Lipinski definition) is 2. The first-order chi connectivity index (χ1) is 12.4. The van der Waals surface area contributed by atoms with Gasteiger partial charge >= 0.3 is 18.1 Å². The molecule has 3 rings (SSSR count). The Morgan fingerprint density at radius 2 is 2.12 bits per heavy atom. The molecule has 2 aromatic heterocycles. The Morgan fingerprint density at radius 1 is 1.31 bits per heavy atom. The first-order valence-corrected chi connectivity index (χ1v) is 7.76. The molecule has 0 aliphatic carbocycles. The number of amides is 2. The minimum atomic E-state index is -4.69. The molecule has 0 saturated heterocycles. The van der Waals surface area contributed by atoms with Crippen LogP contribution < -0.4 is 10.6 Å². The third-order valence-corrected chi connectivity index (χ3v) is 3.52. The Bertz CT molecular complexity index is 918. The van der Waals surface area contributed by atoms with Crippen LogP contribution in [-0.4, -0.2) is 38.8 Å². The number of halogens is 3. The molecule has 0 radical (unpaired) electrons. The van der Waals surface area contributed by atoms with Crippen molar-refractivity contribution >= 4 is 17.1 Å². The molecule has 0 bridgehead atoms. The van der Waals surface area contributed by atoms with Crippen molar-refractivity contribution in [2.24, 2.45) is 0 Å². The lowest BCUT2D eigenvalue weighted by Gasteiger charge is -2.07. The van der Waals surface area contributed by atoms with Crippen LogP contribution in [0.25, 0.3) is 22.4 Å². The van der Waals surface area contributed by atoms with Gasteiger partial charge in [0.25, 0.3) is 0 Å². The highest BCUT2D eigenvalue weighted by atomic mass is 19.4. The van der Waals surface area contributed by atoms with Gasteiger partial charge in [-0.2, -0.15) is 18.2 Å². The molecular weight excluding hydrogens is 353 g/mol. The summed E-state index contributed by atoms with van der Waals surface area (Å²) in [5.74, 6) is -1.56. The molecule has 3 aromatic rings. The predicted octanol–water partition coefficient (Wildman–Crippen LogP) is 2.42. The van der Waals surface area contributed by atoms with Crippen LogP contribution >= 0.6 is 0 Å². The number of rotatable bonds is 5. The zero-order valence-electron chi connectivity index (χ0n) is 13.7. The van der Waals surface area contributed by atoms with E-state index >= 15 is 0 Å². The van der Waals surface area contributed by atoms with Gasteiger partial charge in [-0.15, -0.1) is 0 Å². The number of alkyl halides is 3. The first kappa shape index (κ1) is 17.7. The van der Waals surface area contributed by atoms with E-state index in [2.05, 4.69) is 30.3 Å². The lowest BCUT2D eigenvalue weighted by Crippen LogP contribution is -2.36. The minimum Gasteiger partial charge on any atom is -0.338 e. The van der Waals surface area contributed by atoms with Crippen LogP contribution in [0.15, 0.2) is 29.0 Å². The van der Waals surface area contributed by atoms with Crippen LogP contribution in [0.2, 0.25) is 0 Å². The summed E-state index contributed by atoms with van der Waals surface area (Å²) >= 11 is 0. The number of carbonyl (C=O) groups is 1. The molecule has 0 aliphatic heterocycles. The second-order valence-corrected chi connectivity index (χ2v) is 5.35. The molecule has 138 valence electrons. The number of nitrogens with zero attached hydrogens (tertiary/aromatic N) is 4. The van der Waals surface area contributed by atoms with Gasteiger partial charge in [0.2, 0.25) is 5.82 Å². The molecule has 2 N–H and O–H groups in total. The van der Waals surface area contributed by atoms with Crippen LogP contribution in [0, 0.1) is 0 Å². The molecule has 1 aromatic carbocycles. The molecule has 2 amide bonds. The normalized spacial score (nSPS) is 11.7. The van der Waals surface area contributed by atoms with E-state index in [-0.39, 0.29) is 11.9 Å². The van der Waals surface area contributed by atoms with Gasteiger partial charge in [-0.3, -0.25) is 0 Å². The second-order valence-electron chi connectivity index (χ2n) is 5.35. The van der Waals surface area contributed by atoms with E-state index in [0.717, 1.165) is 0 Å². The number of nitrogens with one attached hydrogen (secondary N) is 2. The summed E-state index contributed by atoms with van der Waals surface area (Å²) in [5.41, 5.74) is 1.71. The predicted molar refractivity (Wildman–Crippen MR) is 85.1 cm³/mol. The molecule has 0 fully saturated rings. The third kappa shape index (κ3) is 3.76. The molecule has 0 spiro atoms. The van der Waals surface area contributed by atoms with Crippen molar-refractivity contribution in [1.82, 2.24) is 30.3 Å². The van der Waals surface area contributed by atoms with Crippen LogP contribution in [0.5, 0.6) is 0 Å². The van der Waals surface area contributed by atoms with Crippen molar-refractivity contribution in [1.29, 1.82) is 0 Å². The van der Waals surface area contributed by atoms with Crippen molar-refractivity contribution < 1.29 is 22.5 Å². The molecule has 0 unspecified atom stereocenters. The molecule has 26 heavy (non-hydrogen) atoms. The number of aromatic nitrogens is 4. The van der Waals surface area contributed by atoms with Crippen molar-refractivity contribution in [2.75, 3.05) is 13.1 Å². The summed E-state index contributed by atoms with van der Waals surface area (Å²) in [5, 5.41) is 8.68. The maximum Gasteiger partial charge on any atom is 0.471 e. The Kier molecular flexibility index (Phi) is 4.78. The number of hydrogen-bond acceptors (Lipinski definition) is 5. The Balaban J connectivity index is 1.79. The highest BCUT2D eigenvalue weighted by molar-refractivity contribution is 5.80. The van der Waals surface area contributed by atoms with Crippen LogP contribution in [-0.2, 0) is 12.7 Å². The number of imidazole rings is 1. The molecule has 0 atom stereocenters. The topological polar surface area (TPSA) is 97.9 Å². The summed E-state index contributed by atoms with van der Waals surface area (Å²) in [7, 11) is 0. The van der Waals surface area contributed by atoms with Gasteiger partial charge in [0, 0.05) is 25.2 Å². The SMILES string of the molecule is CCNC(=O)NCCn1cnc2ccc(-c3noc(C(F)(F)F)n3)cc21. The van der Waals surface area contributed by atoms with E-state index in [9.17, 15) is 18.0 Å². The fourth-order valence-corrected chi connectivity index (χ4v) is 2.34. The van der Waals surface area contributed by atoms with Gasteiger partial charge in [-0.1, -0.05) is 5.16 Å². The van der Waals surface area contributed by atoms with Crippen LogP contribution in [0.3, 0.4) is 0 Å². The fraction of sp³-hybridized carbons (Fsp3) is 0.333. The molecule has 0 saturated carbocycles. The summed E-state index contributed by atoms with van der Waals surface area (Å²) < 4.78 is 43.8. The highest BCUT2D eigenvalue weighted by Crippen LogP contribution is 2.30. The summed E-state index contributed by atoms with van der Waals surface area (Å²) in [6, 6.07) is 4.57. The lowest BCUT2D eigenvalue weighted by atomic mass is 10.2. The van der Waals surface area contributed by atoms with Gasteiger partial charge in [-0.05, 0) is 25.1 Å². The maximum atomic E-state index is 12.6. The van der Waals surface area contributed by atoms with Gasteiger partial charge in [0.1, 0.15) is 0 Å². The summed E-state index contributed by atoms with van der Waals surface area (Å²) in [6.07, 6.45) is -3.10. The van der Waals surface area contributed by atoms with Crippen molar-refractivity contribution in [3.8, 4) is 11.4 Å². The zero-order valence-corrected chi connectivity index (χ0v) is 13.7. The van der Waals surface area contributed by atoms with Crippen LogP contribution in [0.1, 0.15) is 12.8 Å². The molecule has 2 heterocycles. The smallest absolute Gasteiger partial charge is 0.338 e. The van der Waals surface area contributed by atoms with E-state index in [1.165, 1.54) is 0 Å². The molecule has 8 nitrogen and oxygen atoms in total. The third-order valence-electron chi connectivity index (χ3n) is 3.52. The fourth-order valence-electron chi connectivity index (χ4n) is 2.34. The van der Waals surface area contributed by atoms with Gasteiger partial charge in [-0.25, -0.2) is 9.78 Å². The van der Waals surface area contributed by atoms with Crippen molar-refractivity contribution in [3.63, 3.8) is 0 Å². The quantitative estimate of drug-likeness (QED) is 0.721. The van der Waals surface area contributed by atoms with Crippen molar-refractivity contribution in [2.45, 2.75) is 19.6 Å². The van der Waals surface area contributed by atoms with Gasteiger partial charge in [0.15, 0.2) is 0 Å². The Labute approximate surface area is 145 Å². The van der Waals surface area contributed by atoms with Crippen LogP contribution in [0.4, 0.5) is 18.0 Å². The highest BCUT2D eigenvalue weighted by Gasteiger charge is 2.38.